The molecule has 0 saturated carbocycles. The van der Waals surface area contributed by atoms with Crippen molar-refractivity contribution in [2.75, 3.05) is 25.6 Å². The zero-order chi connectivity index (χ0) is 14.1. The van der Waals surface area contributed by atoms with E-state index in [0.717, 1.165) is 5.56 Å². The van der Waals surface area contributed by atoms with E-state index in [-0.39, 0.29) is 18.4 Å². The van der Waals surface area contributed by atoms with Crippen LogP contribution in [0.2, 0.25) is 0 Å². The number of alkyl halides is 1. The third-order valence-electron chi connectivity index (χ3n) is 2.38. The largest absolute Gasteiger partial charge is 0.448 e. The first-order chi connectivity index (χ1) is 9.15. The minimum absolute atomic E-state index is 0.158. The normalized spacial score (nSPS) is 9.79. The van der Waals surface area contributed by atoms with Crippen molar-refractivity contribution < 1.29 is 14.3 Å². The first kappa shape index (κ1) is 15.3. The highest BCUT2D eigenvalue weighted by molar-refractivity contribution is 6.18. The Labute approximate surface area is 117 Å². The van der Waals surface area contributed by atoms with Crippen LogP contribution in [0, 0.1) is 6.92 Å². The molecule has 0 saturated heterocycles. The van der Waals surface area contributed by atoms with Crippen LogP contribution in [0.15, 0.2) is 24.3 Å². The van der Waals surface area contributed by atoms with Gasteiger partial charge in [0.15, 0.2) is 0 Å². The lowest BCUT2D eigenvalue weighted by Gasteiger charge is -2.08. The van der Waals surface area contributed by atoms with E-state index >= 15 is 0 Å². The average molecular weight is 285 g/mol. The van der Waals surface area contributed by atoms with Crippen LogP contribution in [0.4, 0.5) is 4.79 Å². The molecule has 0 aliphatic heterocycles. The molecule has 1 aromatic rings. The molecular weight excluding hydrogens is 268 g/mol. The molecule has 0 fully saturated rings. The Morgan fingerprint density at radius 1 is 1.21 bits per heavy atom. The van der Waals surface area contributed by atoms with Crippen molar-refractivity contribution in [2.45, 2.75) is 6.92 Å². The van der Waals surface area contributed by atoms with Crippen LogP contribution < -0.4 is 10.6 Å². The number of hydrogen-bond donors (Lipinski definition) is 2. The molecule has 0 atom stereocenters. The molecule has 0 radical (unpaired) electrons. The number of carbonyl (C=O) groups is 2. The number of hydrogen-bond acceptors (Lipinski definition) is 3. The highest BCUT2D eigenvalue weighted by Crippen LogP contribution is 2.05. The number of benzene rings is 1. The topological polar surface area (TPSA) is 67.4 Å². The Hall–Kier alpha value is -1.75. The molecule has 1 aromatic carbocycles. The summed E-state index contributed by atoms with van der Waals surface area (Å²) < 4.78 is 4.71. The van der Waals surface area contributed by atoms with Gasteiger partial charge in [0, 0.05) is 18.7 Å². The summed E-state index contributed by atoms with van der Waals surface area (Å²) in [5, 5.41) is 5.22. The Kier molecular flexibility index (Phi) is 6.74. The zero-order valence-electron chi connectivity index (χ0n) is 10.7. The van der Waals surface area contributed by atoms with Crippen molar-refractivity contribution in [1.29, 1.82) is 0 Å². The second kappa shape index (κ2) is 8.37. The lowest BCUT2D eigenvalue weighted by molar-refractivity contribution is 0.0951. The van der Waals surface area contributed by atoms with E-state index in [9.17, 15) is 9.59 Å². The summed E-state index contributed by atoms with van der Waals surface area (Å²) in [6.45, 7) is 2.68. The smallest absolute Gasteiger partial charge is 0.407 e. The van der Waals surface area contributed by atoms with Crippen LogP contribution in [-0.4, -0.2) is 37.6 Å². The van der Waals surface area contributed by atoms with Gasteiger partial charge in [-0.1, -0.05) is 18.2 Å². The fourth-order valence-corrected chi connectivity index (χ4v) is 1.52. The maximum atomic E-state index is 11.8. The molecule has 2 amide bonds. The molecule has 6 heteroatoms. The number of alkyl carbamates (subject to hydrolysis) is 1. The van der Waals surface area contributed by atoms with Crippen LogP contribution in [-0.2, 0) is 4.74 Å². The van der Waals surface area contributed by atoms with Crippen molar-refractivity contribution in [2.24, 2.45) is 0 Å². The van der Waals surface area contributed by atoms with Gasteiger partial charge in [0.05, 0.1) is 5.88 Å². The Morgan fingerprint density at radius 2 is 1.89 bits per heavy atom. The van der Waals surface area contributed by atoms with Gasteiger partial charge in [-0.3, -0.25) is 4.79 Å². The molecule has 5 nitrogen and oxygen atoms in total. The number of halogens is 1. The fraction of sp³-hybridized carbons (Fsp3) is 0.385. The Bertz CT molecular complexity index is 438. The molecule has 0 aliphatic rings. The number of ether oxygens (including phenoxy) is 1. The summed E-state index contributed by atoms with van der Waals surface area (Å²) in [5.41, 5.74) is 1.54. The van der Waals surface area contributed by atoms with Gasteiger partial charge in [-0.05, 0) is 18.6 Å². The van der Waals surface area contributed by atoms with Crippen LogP contribution in [0.25, 0.3) is 0 Å². The van der Waals surface area contributed by atoms with Crippen LogP contribution in [0.3, 0.4) is 0 Å². The standard InChI is InChI=1S/C13H17ClN2O3/c1-10-4-2-3-5-11(10)12(17)15-7-8-16-13(18)19-9-6-14/h2-5H,6-9H2,1H3,(H,15,17)(H,16,18). The first-order valence-corrected chi connectivity index (χ1v) is 6.49. The van der Waals surface area contributed by atoms with E-state index < -0.39 is 6.09 Å². The van der Waals surface area contributed by atoms with E-state index in [0.29, 0.717) is 18.7 Å². The predicted octanol–water partition coefficient (Wildman–Crippen LogP) is 1.69. The van der Waals surface area contributed by atoms with E-state index in [1.807, 2.05) is 25.1 Å². The lowest BCUT2D eigenvalue weighted by atomic mass is 10.1. The summed E-state index contributed by atoms with van der Waals surface area (Å²) in [5.74, 6) is 0.103. The monoisotopic (exact) mass is 284 g/mol. The van der Waals surface area contributed by atoms with Crippen LogP contribution in [0.1, 0.15) is 15.9 Å². The minimum atomic E-state index is -0.536. The van der Waals surface area contributed by atoms with Gasteiger partial charge in [-0.25, -0.2) is 4.79 Å². The SMILES string of the molecule is Cc1ccccc1C(=O)NCCNC(=O)OCCCl. The van der Waals surface area contributed by atoms with Crippen molar-refractivity contribution in [3.63, 3.8) is 0 Å². The van der Waals surface area contributed by atoms with Crippen LogP contribution >= 0.6 is 11.6 Å². The molecule has 0 aliphatic carbocycles. The summed E-state index contributed by atoms with van der Waals surface area (Å²) in [7, 11) is 0. The fourth-order valence-electron chi connectivity index (χ4n) is 1.45. The van der Waals surface area contributed by atoms with Crippen molar-refractivity contribution >= 4 is 23.6 Å². The first-order valence-electron chi connectivity index (χ1n) is 5.95. The highest BCUT2D eigenvalue weighted by atomic mass is 35.5. The molecule has 104 valence electrons. The summed E-state index contributed by atoms with van der Waals surface area (Å²) >= 11 is 5.37. The molecule has 1 rings (SSSR count). The Balaban J connectivity index is 2.25. The average Bonchev–Trinajstić information content (AvgIpc) is 2.41. The molecule has 19 heavy (non-hydrogen) atoms. The minimum Gasteiger partial charge on any atom is -0.448 e. The van der Waals surface area contributed by atoms with Gasteiger partial charge in [0.2, 0.25) is 0 Å². The number of rotatable bonds is 6. The van der Waals surface area contributed by atoms with Crippen molar-refractivity contribution in [1.82, 2.24) is 10.6 Å². The molecule has 0 bridgehead atoms. The van der Waals surface area contributed by atoms with Gasteiger partial charge in [0.1, 0.15) is 6.61 Å². The van der Waals surface area contributed by atoms with E-state index in [1.165, 1.54) is 0 Å². The van der Waals surface area contributed by atoms with Gasteiger partial charge < -0.3 is 15.4 Å². The van der Waals surface area contributed by atoms with Gasteiger partial charge in [0.25, 0.3) is 5.91 Å². The summed E-state index contributed by atoms with van der Waals surface area (Å²) in [6, 6.07) is 7.31. The number of aryl methyl sites for hydroxylation is 1. The van der Waals surface area contributed by atoms with Gasteiger partial charge in [-0.2, -0.15) is 0 Å². The second-order valence-electron chi connectivity index (χ2n) is 3.82. The summed E-state index contributed by atoms with van der Waals surface area (Å²) in [4.78, 5) is 22.9. The highest BCUT2D eigenvalue weighted by Gasteiger charge is 2.07. The third-order valence-corrected chi connectivity index (χ3v) is 2.53. The number of amides is 2. The molecule has 0 unspecified atom stereocenters. The van der Waals surface area contributed by atoms with E-state index in [1.54, 1.807) is 6.07 Å². The molecule has 2 N–H and O–H groups in total. The van der Waals surface area contributed by atoms with Gasteiger partial charge in [-0.15, -0.1) is 11.6 Å². The predicted molar refractivity (Wildman–Crippen MR) is 73.6 cm³/mol. The molecule has 0 spiro atoms. The maximum absolute atomic E-state index is 11.8. The molecule has 0 heterocycles. The number of carbonyl (C=O) groups excluding carboxylic acids is 2. The lowest BCUT2D eigenvalue weighted by Crippen LogP contribution is -2.35. The summed E-state index contributed by atoms with van der Waals surface area (Å²) in [6.07, 6.45) is -0.536. The van der Waals surface area contributed by atoms with Gasteiger partial charge >= 0.3 is 6.09 Å². The van der Waals surface area contributed by atoms with E-state index in [4.69, 9.17) is 16.3 Å². The Morgan fingerprint density at radius 3 is 2.58 bits per heavy atom. The number of nitrogens with one attached hydrogen (secondary N) is 2. The quantitative estimate of drug-likeness (QED) is 0.617. The van der Waals surface area contributed by atoms with Crippen molar-refractivity contribution in [3.8, 4) is 0 Å². The maximum Gasteiger partial charge on any atom is 0.407 e. The van der Waals surface area contributed by atoms with E-state index in [2.05, 4.69) is 10.6 Å². The third kappa shape index (κ3) is 5.61. The zero-order valence-corrected chi connectivity index (χ0v) is 11.5. The van der Waals surface area contributed by atoms with Crippen LogP contribution in [0.5, 0.6) is 0 Å². The van der Waals surface area contributed by atoms with Crippen molar-refractivity contribution in [3.05, 3.63) is 35.4 Å². The second-order valence-corrected chi connectivity index (χ2v) is 4.20. The molecular formula is C13H17ClN2O3. The molecule has 0 aromatic heterocycles.